The predicted molar refractivity (Wildman–Crippen MR) is 134 cm³/mol. The number of nitrogens with one attached hydrogen (secondary N) is 2. The summed E-state index contributed by atoms with van der Waals surface area (Å²) in [5.41, 5.74) is 2.51. The second-order valence-corrected chi connectivity index (χ2v) is 8.45. The lowest BCUT2D eigenvalue weighted by molar-refractivity contribution is -0.133. The molecule has 0 aliphatic carbocycles. The Kier molecular flexibility index (Phi) is 10.1. The minimum atomic E-state index is 0. The van der Waals surface area contributed by atoms with Crippen molar-refractivity contribution in [3.05, 3.63) is 35.4 Å². The van der Waals surface area contributed by atoms with Gasteiger partial charge in [0.15, 0.2) is 5.96 Å². The van der Waals surface area contributed by atoms with E-state index in [1.54, 1.807) is 0 Å². The molecule has 2 amide bonds. The van der Waals surface area contributed by atoms with Gasteiger partial charge in [-0.2, -0.15) is 0 Å². The predicted octanol–water partition coefficient (Wildman–Crippen LogP) is 2.74. The van der Waals surface area contributed by atoms with Gasteiger partial charge < -0.3 is 20.4 Å². The Hall–Kier alpha value is -1.84. The van der Waals surface area contributed by atoms with Gasteiger partial charge in [0.2, 0.25) is 11.8 Å². The molecule has 2 aliphatic heterocycles. The number of halogens is 1. The molecule has 1 saturated heterocycles. The van der Waals surface area contributed by atoms with Crippen LogP contribution in [0.1, 0.15) is 51.2 Å². The van der Waals surface area contributed by atoms with E-state index in [-0.39, 0.29) is 47.8 Å². The van der Waals surface area contributed by atoms with Gasteiger partial charge in [0.25, 0.3) is 0 Å². The Morgan fingerprint density at radius 3 is 2.45 bits per heavy atom. The van der Waals surface area contributed by atoms with E-state index >= 15 is 0 Å². The van der Waals surface area contributed by atoms with Crippen molar-refractivity contribution >= 4 is 41.8 Å². The average Bonchev–Trinajstić information content (AvgIpc) is 3.37. The number of hydrogen-bond donors (Lipinski definition) is 2. The quantitative estimate of drug-likeness (QED) is 0.241. The molecule has 31 heavy (non-hydrogen) atoms. The van der Waals surface area contributed by atoms with Crippen LogP contribution in [0.4, 0.5) is 0 Å². The molecule has 7 nitrogen and oxygen atoms in total. The van der Waals surface area contributed by atoms with Crippen LogP contribution in [0.25, 0.3) is 0 Å². The Balaban J connectivity index is 0.00000341. The molecule has 1 fully saturated rings. The fourth-order valence-electron chi connectivity index (χ4n) is 4.05. The second-order valence-electron chi connectivity index (χ2n) is 8.45. The molecule has 2 aliphatic rings. The molecular formula is C23H36IN5O2. The molecule has 2 N–H and O–H groups in total. The highest BCUT2D eigenvalue weighted by Gasteiger charge is 2.28. The number of carbonyl (C=O) groups excluding carboxylic acids is 2. The van der Waals surface area contributed by atoms with E-state index in [2.05, 4.69) is 27.8 Å². The first-order valence-corrected chi connectivity index (χ1v) is 11.2. The molecule has 0 spiro atoms. The van der Waals surface area contributed by atoms with Crippen molar-refractivity contribution in [3.63, 3.8) is 0 Å². The summed E-state index contributed by atoms with van der Waals surface area (Å²) in [4.78, 5) is 33.2. The van der Waals surface area contributed by atoms with E-state index < -0.39 is 0 Å². The Bertz CT molecular complexity index is 758. The summed E-state index contributed by atoms with van der Waals surface area (Å²) in [6, 6.07) is 8.47. The maximum atomic E-state index is 12.5. The number of nitrogens with zero attached hydrogens (tertiary/aromatic N) is 3. The average molecular weight is 541 g/mol. The Labute approximate surface area is 203 Å². The Morgan fingerprint density at radius 2 is 1.84 bits per heavy atom. The van der Waals surface area contributed by atoms with Gasteiger partial charge >= 0.3 is 0 Å². The fourth-order valence-corrected chi connectivity index (χ4v) is 4.05. The number of fused-ring (bicyclic) bond motifs is 1. The van der Waals surface area contributed by atoms with Crippen LogP contribution in [0.5, 0.6) is 0 Å². The molecule has 0 saturated carbocycles. The molecular weight excluding hydrogens is 505 g/mol. The second kappa shape index (κ2) is 12.3. The third kappa shape index (κ3) is 7.08. The summed E-state index contributed by atoms with van der Waals surface area (Å²) >= 11 is 0. The molecule has 2 heterocycles. The monoisotopic (exact) mass is 541 g/mol. The zero-order valence-electron chi connectivity index (χ0n) is 18.9. The minimum absolute atomic E-state index is 0. The number of amides is 2. The van der Waals surface area contributed by atoms with Crippen LogP contribution in [0, 0.1) is 5.92 Å². The summed E-state index contributed by atoms with van der Waals surface area (Å²) in [6.45, 7) is 10.2. The molecule has 8 heteroatoms. The third-order valence-corrected chi connectivity index (χ3v) is 5.69. The molecule has 1 aromatic carbocycles. The lowest BCUT2D eigenvalue weighted by Gasteiger charge is -2.20. The lowest BCUT2D eigenvalue weighted by atomic mass is 10.1. The molecule has 0 bridgehead atoms. The number of benzene rings is 1. The zero-order valence-corrected chi connectivity index (χ0v) is 21.2. The number of aliphatic imine (C=N–C) groups is 1. The van der Waals surface area contributed by atoms with Crippen molar-refractivity contribution in [2.75, 3.05) is 26.2 Å². The first kappa shape index (κ1) is 25.4. The summed E-state index contributed by atoms with van der Waals surface area (Å²) in [5, 5.41) is 6.72. The van der Waals surface area contributed by atoms with Crippen molar-refractivity contribution < 1.29 is 9.59 Å². The van der Waals surface area contributed by atoms with Crippen LogP contribution in [0.2, 0.25) is 0 Å². The first-order valence-electron chi connectivity index (χ1n) is 11.2. The van der Waals surface area contributed by atoms with E-state index in [0.29, 0.717) is 13.0 Å². The molecule has 1 atom stereocenters. The standard InChI is InChI=1S/C23H35N5O2.HI/c1-4-24-23(26-20-11-13-27(16-20)22(30)17(2)3)25-12-7-10-21(29)28-14-18-8-5-6-9-19(18)15-28;/h5-6,8-9,17,20H,4,7,10-16H2,1-3H3,(H2,24,25,26);1H. The van der Waals surface area contributed by atoms with Gasteiger partial charge in [-0.15, -0.1) is 24.0 Å². The fraction of sp³-hybridized carbons (Fsp3) is 0.609. The van der Waals surface area contributed by atoms with Crippen molar-refractivity contribution in [1.29, 1.82) is 0 Å². The summed E-state index contributed by atoms with van der Waals surface area (Å²) in [7, 11) is 0. The molecule has 1 aromatic rings. The molecule has 0 aromatic heterocycles. The van der Waals surface area contributed by atoms with Crippen LogP contribution in [-0.2, 0) is 22.7 Å². The summed E-state index contributed by atoms with van der Waals surface area (Å²) in [5.74, 6) is 1.20. The number of guanidine groups is 1. The number of likely N-dealkylation sites (tertiary alicyclic amines) is 1. The number of hydrogen-bond acceptors (Lipinski definition) is 3. The van der Waals surface area contributed by atoms with E-state index in [1.165, 1.54) is 11.1 Å². The van der Waals surface area contributed by atoms with Gasteiger partial charge in [0.1, 0.15) is 0 Å². The van der Waals surface area contributed by atoms with Crippen LogP contribution < -0.4 is 10.6 Å². The van der Waals surface area contributed by atoms with Crippen LogP contribution >= 0.6 is 24.0 Å². The topological polar surface area (TPSA) is 77.0 Å². The van der Waals surface area contributed by atoms with E-state index in [0.717, 1.165) is 51.5 Å². The largest absolute Gasteiger partial charge is 0.357 e. The van der Waals surface area contributed by atoms with E-state index in [4.69, 9.17) is 0 Å². The van der Waals surface area contributed by atoms with Gasteiger partial charge in [-0.3, -0.25) is 14.6 Å². The maximum absolute atomic E-state index is 12.5. The summed E-state index contributed by atoms with van der Waals surface area (Å²) < 4.78 is 0. The van der Waals surface area contributed by atoms with Crippen molar-refractivity contribution in [1.82, 2.24) is 20.4 Å². The van der Waals surface area contributed by atoms with Crippen LogP contribution in [-0.4, -0.2) is 59.8 Å². The zero-order chi connectivity index (χ0) is 21.5. The van der Waals surface area contributed by atoms with Gasteiger partial charge in [0, 0.05) is 57.6 Å². The number of carbonyl (C=O) groups is 2. The highest BCUT2D eigenvalue weighted by atomic mass is 127. The highest BCUT2D eigenvalue weighted by Crippen LogP contribution is 2.22. The van der Waals surface area contributed by atoms with E-state index in [1.807, 2.05) is 42.7 Å². The minimum Gasteiger partial charge on any atom is -0.357 e. The maximum Gasteiger partial charge on any atom is 0.225 e. The van der Waals surface area contributed by atoms with Gasteiger partial charge in [-0.05, 0) is 30.9 Å². The molecule has 1 unspecified atom stereocenters. The highest BCUT2D eigenvalue weighted by molar-refractivity contribution is 14.0. The Morgan fingerprint density at radius 1 is 1.16 bits per heavy atom. The lowest BCUT2D eigenvalue weighted by Crippen LogP contribution is -2.45. The summed E-state index contributed by atoms with van der Waals surface area (Å²) in [6.07, 6.45) is 2.17. The molecule has 172 valence electrons. The van der Waals surface area contributed by atoms with Crippen LogP contribution in [0.3, 0.4) is 0 Å². The normalized spacial score (nSPS) is 18.1. The molecule has 0 radical (unpaired) electrons. The van der Waals surface area contributed by atoms with E-state index in [9.17, 15) is 9.59 Å². The van der Waals surface area contributed by atoms with Gasteiger partial charge in [0.05, 0.1) is 0 Å². The van der Waals surface area contributed by atoms with Crippen molar-refractivity contribution in [3.8, 4) is 0 Å². The SMILES string of the molecule is CCNC(=NCCCC(=O)N1Cc2ccccc2C1)NC1CCN(C(=O)C(C)C)C1.I. The van der Waals surface area contributed by atoms with Gasteiger partial charge in [-0.25, -0.2) is 0 Å². The third-order valence-electron chi connectivity index (χ3n) is 5.69. The van der Waals surface area contributed by atoms with Crippen LogP contribution in [0.15, 0.2) is 29.3 Å². The smallest absolute Gasteiger partial charge is 0.225 e. The van der Waals surface area contributed by atoms with Crippen molar-refractivity contribution in [2.45, 2.75) is 59.2 Å². The van der Waals surface area contributed by atoms with Gasteiger partial charge in [-0.1, -0.05) is 38.1 Å². The number of rotatable bonds is 7. The first-order chi connectivity index (χ1) is 14.5. The molecule has 3 rings (SSSR count). The van der Waals surface area contributed by atoms with Crippen molar-refractivity contribution in [2.24, 2.45) is 10.9 Å².